The molecule has 6 aromatic carbocycles. The van der Waals surface area contributed by atoms with Gasteiger partial charge < -0.3 is 26.2 Å². The van der Waals surface area contributed by atoms with Gasteiger partial charge in [-0.05, 0) is 62.0 Å². The summed E-state index contributed by atoms with van der Waals surface area (Å²) < 4.78 is 51.7. The molecule has 1 aliphatic carbocycles. The van der Waals surface area contributed by atoms with E-state index < -0.39 is 31.5 Å². The monoisotopic (exact) mass is 941 g/mol. The Morgan fingerprint density at radius 2 is 0.967 bits per heavy atom. The number of nitrogens with zero attached hydrogens (tertiary/aromatic N) is 4. The van der Waals surface area contributed by atoms with Crippen LogP contribution in [-0.4, -0.2) is 57.4 Å². The smallest absolute Gasteiger partial charge is 0.506 e. The number of halogens is 2. The van der Waals surface area contributed by atoms with Gasteiger partial charge in [0.15, 0.2) is 0 Å². The molecule has 7 rings (SSSR count). The van der Waals surface area contributed by atoms with Crippen LogP contribution in [0.4, 0.5) is 22.7 Å². The molecule has 1 radical (unpaired) electrons. The topological polar surface area (TPSA) is 249 Å². The Kier molecular flexibility index (Phi) is 16.8. The van der Waals surface area contributed by atoms with Gasteiger partial charge in [-0.15, -0.1) is 20.5 Å². The number of hydrogen-bond acceptors (Lipinski definition) is 13. The molecule has 0 heterocycles. The third kappa shape index (κ3) is 11.7. The molecule has 8 N–H and O–H groups in total. The van der Waals surface area contributed by atoms with Crippen LogP contribution < -0.4 is 15.2 Å². The number of phenols is 4. The van der Waals surface area contributed by atoms with Crippen molar-refractivity contribution in [2.75, 3.05) is 14.1 Å². The maximum atomic E-state index is 11.9. The fraction of sp³-hybridized carbons (Fsp3) is 0.200. The first-order valence-electron chi connectivity index (χ1n) is 18.0. The molecule has 0 spiro atoms. The summed E-state index contributed by atoms with van der Waals surface area (Å²) in [6, 6.07) is 25.9. The van der Waals surface area contributed by atoms with Gasteiger partial charge >= 0.3 is 1.43 Å². The maximum Gasteiger partial charge on any atom is 1.00 e. The normalized spacial score (nSPS) is 13.4. The summed E-state index contributed by atoms with van der Waals surface area (Å²) in [5.74, 6) is -0.974. The van der Waals surface area contributed by atoms with Crippen LogP contribution in [0.1, 0.15) is 33.5 Å². The molecule has 0 saturated heterocycles. The predicted octanol–water partition coefficient (Wildman–Crippen LogP) is 9.84. The summed E-state index contributed by atoms with van der Waals surface area (Å²) in [7, 11) is -5.18. The number of nitrogens with two attached hydrogens (primary N) is 1. The Labute approximate surface area is 368 Å². The van der Waals surface area contributed by atoms with E-state index in [4.69, 9.17) is 28.9 Å². The van der Waals surface area contributed by atoms with Gasteiger partial charge in [0.1, 0.15) is 55.5 Å². The Hall–Kier alpha value is -4.89. The average Bonchev–Trinajstić information content (AvgIpc) is 3.22. The molecule has 0 aromatic heterocycles. The van der Waals surface area contributed by atoms with E-state index in [0.29, 0.717) is 16.8 Å². The number of phenolic OH excluding ortho intramolecular Hbond substituents is 4. The van der Waals surface area contributed by atoms with Gasteiger partial charge in [-0.2, -0.15) is 0 Å². The standard InChI is InChI=1S/2C17H14ClN3O4S.C6H13N.Co/c2*1-19-26(24,25)16-9-15(23)13(8-12(16)18)20-21-17-11-5-3-2-4-10(11)6-7-14(17)22;7-6-4-2-1-3-5-6;/h2*2-9,19,22-23H,1H3;6H,1-5,7H2;/p+1. The Morgan fingerprint density at radius 3 is 1.32 bits per heavy atom. The Balaban J connectivity index is 0.000000272. The molecule has 0 unspecified atom stereocenters. The number of azo groups is 2. The van der Waals surface area contributed by atoms with E-state index in [2.05, 4.69) is 29.9 Å². The summed E-state index contributed by atoms with van der Waals surface area (Å²) in [5.41, 5.74) is 6.03. The zero-order valence-electron chi connectivity index (χ0n) is 33.0. The summed E-state index contributed by atoms with van der Waals surface area (Å²) >= 11 is 12.0. The second-order valence-electron chi connectivity index (χ2n) is 13.1. The van der Waals surface area contributed by atoms with Gasteiger partial charge in [0, 0.05) is 45.7 Å². The Morgan fingerprint density at radius 1 is 0.583 bits per heavy atom. The molecular formula is C40H42Cl2CoN7O8S2+. The van der Waals surface area contributed by atoms with Gasteiger partial charge in [0.05, 0.1) is 10.0 Å². The molecule has 15 nitrogen and oxygen atoms in total. The Bertz CT molecular complexity index is 2600. The second kappa shape index (κ2) is 21.1. The zero-order chi connectivity index (χ0) is 42.9. The molecule has 0 amide bonds. The van der Waals surface area contributed by atoms with Crippen LogP contribution in [0.3, 0.4) is 0 Å². The number of aromatic hydroxyl groups is 4. The number of nitrogens with one attached hydrogen (secondary N) is 2. The van der Waals surface area contributed by atoms with Crippen molar-refractivity contribution in [3.63, 3.8) is 0 Å². The minimum Gasteiger partial charge on any atom is -0.506 e. The SMILES string of the molecule is CNS(=O)(=O)c1cc(O)c(N=Nc2c(O)ccc3ccccc23)cc1Cl.CNS(=O)(=O)c1cc(O)c(N=Nc2c(O)ccc3ccccc23)cc1Cl.NC1CCCCC1.[Co].[H+]. The molecule has 1 aliphatic rings. The molecule has 0 bridgehead atoms. The quantitative estimate of drug-likeness (QED) is 0.0716. The first-order chi connectivity index (χ1) is 28.1. The van der Waals surface area contributed by atoms with E-state index in [1.54, 1.807) is 36.4 Å². The first-order valence-corrected chi connectivity index (χ1v) is 21.7. The van der Waals surface area contributed by atoms with E-state index in [1.807, 2.05) is 24.3 Å². The zero-order valence-corrected chi connectivity index (χ0v) is 36.2. The minimum absolute atomic E-state index is 0. The van der Waals surface area contributed by atoms with Crippen molar-refractivity contribution in [1.29, 1.82) is 0 Å². The van der Waals surface area contributed by atoms with Crippen LogP contribution in [0, 0.1) is 0 Å². The van der Waals surface area contributed by atoms with Crippen molar-refractivity contribution in [2.24, 2.45) is 26.2 Å². The molecule has 0 atom stereocenters. The summed E-state index contributed by atoms with van der Waals surface area (Å²) in [5, 5.41) is 58.9. The third-order valence-corrected chi connectivity index (χ3v) is 12.9. The molecule has 1 fully saturated rings. The molecule has 20 heteroatoms. The maximum absolute atomic E-state index is 11.9. The summed E-state index contributed by atoms with van der Waals surface area (Å²) in [6.45, 7) is 0. The molecule has 6 aromatic rings. The molecule has 319 valence electrons. The number of benzene rings is 6. The van der Waals surface area contributed by atoms with Crippen molar-refractivity contribution < 1.29 is 55.5 Å². The van der Waals surface area contributed by atoms with Crippen LogP contribution in [0.2, 0.25) is 10.0 Å². The predicted molar refractivity (Wildman–Crippen MR) is 230 cm³/mol. The van der Waals surface area contributed by atoms with Crippen molar-refractivity contribution in [3.05, 3.63) is 107 Å². The number of sulfonamides is 2. The van der Waals surface area contributed by atoms with Crippen LogP contribution in [0.5, 0.6) is 23.0 Å². The van der Waals surface area contributed by atoms with Gasteiger partial charge in [-0.1, -0.05) is 103 Å². The van der Waals surface area contributed by atoms with Gasteiger partial charge in [0.25, 0.3) is 0 Å². The van der Waals surface area contributed by atoms with E-state index >= 15 is 0 Å². The summed E-state index contributed by atoms with van der Waals surface area (Å²) in [6.07, 6.45) is 6.66. The fourth-order valence-electron chi connectivity index (χ4n) is 5.90. The van der Waals surface area contributed by atoms with Gasteiger partial charge in [-0.25, -0.2) is 26.3 Å². The number of hydrogen-bond donors (Lipinski definition) is 7. The van der Waals surface area contributed by atoms with E-state index in [9.17, 15) is 37.3 Å². The largest absolute Gasteiger partial charge is 1.00 e. The van der Waals surface area contributed by atoms with Crippen LogP contribution in [0.15, 0.2) is 127 Å². The van der Waals surface area contributed by atoms with Gasteiger partial charge in [0.2, 0.25) is 20.0 Å². The van der Waals surface area contributed by atoms with Crippen molar-refractivity contribution in [2.45, 2.75) is 47.9 Å². The van der Waals surface area contributed by atoms with Crippen molar-refractivity contribution in [1.82, 2.24) is 9.44 Å². The van der Waals surface area contributed by atoms with Crippen molar-refractivity contribution >= 4 is 87.5 Å². The average molecular weight is 943 g/mol. The molecule has 1 saturated carbocycles. The van der Waals surface area contributed by atoms with E-state index in [0.717, 1.165) is 22.9 Å². The van der Waals surface area contributed by atoms with Gasteiger partial charge in [-0.3, -0.25) is 0 Å². The minimum atomic E-state index is -3.82. The molecular weight excluding hydrogens is 900 g/mol. The van der Waals surface area contributed by atoms with Crippen LogP contribution in [-0.2, 0) is 36.8 Å². The third-order valence-electron chi connectivity index (χ3n) is 9.10. The molecule has 0 aliphatic heterocycles. The van der Waals surface area contributed by atoms with Crippen LogP contribution >= 0.6 is 23.2 Å². The second-order valence-corrected chi connectivity index (χ2v) is 17.6. The number of fused-ring (bicyclic) bond motifs is 2. The van der Waals surface area contributed by atoms with Crippen molar-refractivity contribution in [3.8, 4) is 23.0 Å². The first kappa shape index (κ1) is 47.8. The summed E-state index contributed by atoms with van der Waals surface area (Å²) in [4.78, 5) is -0.544. The van der Waals surface area contributed by atoms with E-state index in [1.165, 1.54) is 70.5 Å². The van der Waals surface area contributed by atoms with Crippen LogP contribution in [0.25, 0.3) is 21.5 Å². The molecule has 60 heavy (non-hydrogen) atoms. The fourth-order valence-corrected chi connectivity index (χ4v) is 8.43. The van der Waals surface area contributed by atoms with E-state index in [-0.39, 0.29) is 72.3 Å². The number of rotatable bonds is 8.